The average Bonchev–Trinajstić information content (AvgIpc) is 3.00. The number of benzene rings is 2. The van der Waals surface area contributed by atoms with Crippen molar-refractivity contribution in [2.45, 2.75) is 32.2 Å². The van der Waals surface area contributed by atoms with Crippen LogP contribution in [-0.4, -0.2) is 26.0 Å². The van der Waals surface area contributed by atoms with Crippen molar-refractivity contribution in [3.8, 4) is 11.4 Å². The molecule has 0 fully saturated rings. The fraction of sp³-hybridized carbons (Fsp3) is 0.227. The van der Waals surface area contributed by atoms with E-state index >= 15 is 0 Å². The molecule has 0 atom stereocenters. The van der Waals surface area contributed by atoms with Gasteiger partial charge in [0, 0.05) is 36.2 Å². The summed E-state index contributed by atoms with van der Waals surface area (Å²) < 4.78 is 35.3. The Bertz CT molecular complexity index is 1150. The summed E-state index contributed by atoms with van der Waals surface area (Å²) >= 11 is 0. The minimum Gasteiger partial charge on any atom is -0.497 e. The molecule has 0 radical (unpaired) electrons. The summed E-state index contributed by atoms with van der Waals surface area (Å²) in [7, 11) is -2.06. The maximum atomic E-state index is 12.7. The second kappa shape index (κ2) is 8.73. The highest BCUT2D eigenvalue weighted by molar-refractivity contribution is 7.89. The molecule has 2 aromatic carbocycles. The predicted octanol–water partition coefficient (Wildman–Crippen LogP) is 3.54. The van der Waals surface area contributed by atoms with Crippen molar-refractivity contribution in [3.63, 3.8) is 0 Å². The van der Waals surface area contributed by atoms with Gasteiger partial charge in [0.2, 0.25) is 15.9 Å². The number of methoxy groups -OCH3 is 1. The largest absolute Gasteiger partial charge is 0.497 e. The number of nitrogens with zero attached hydrogens (tertiary/aromatic N) is 1. The first-order chi connectivity index (χ1) is 14.2. The second-order valence-corrected chi connectivity index (χ2v) is 8.73. The van der Waals surface area contributed by atoms with Gasteiger partial charge in [-0.15, -0.1) is 0 Å². The van der Waals surface area contributed by atoms with Crippen LogP contribution in [0.25, 0.3) is 5.69 Å². The lowest BCUT2D eigenvalue weighted by Gasteiger charge is -2.11. The molecule has 1 aromatic heterocycles. The molecule has 3 rings (SSSR count). The Labute approximate surface area is 176 Å². The summed E-state index contributed by atoms with van der Waals surface area (Å²) in [6.45, 7) is 5.51. The second-order valence-electron chi connectivity index (χ2n) is 6.96. The maximum absolute atomic E-state index is 12.7. The summed E-state index contributed by atoms with van der Waals surface area (Å²) in [6.07, 6.45) is 0. The molecule has 8 heteroatoms. The van der Waals surface area contributed by atoms with Gasteiger partial charge in [-0.25, -0.2) is 13.1 Å². The van der Waals surface area contributed by atoms with Crippen molar-refractivity contribution in [1.29, 1.82) is 0 Å². The smallest absolute Gasteiger partial charge is 0.240 e. The van der Waals surface area contributed by atoms with Gasteiger partial charge in [0.1, 0.15) is 5.75 Å². The van der Waals surface area contributed by atoms with Gasteiger partial charge in [-0.1, -0.05) is 0 Å². The topological polar surface area (TPSA) is 89.4 Å². The Morgan fingerprint density at radius 2 is 1.67 bits per heavy atom. The summed E-state index contributed by atoms with van der Waals surface area (Å²) in [4.78, 5) is 11.2. The zero-order chi connectivity index (χ0) is 21.9. The van der Waals surface area contributed by atoms with Gasteiger partial charge in [-0.3, -0.25) is 4.79 Å². The molecule has 1 heterocycles. The van der Waals surface area contributed by atoms with Crippen molar-refractivity contribution in [2.75, 3.05) is 12.4 Å². The van der Waals surface area contributed by atoms with E-state index in [1.54, 1.807) is 19.2 Å². The van der Waals surface area contributed by atoms with Gasteiger partial charge >= 0.3 is 0 Å². The van der Waals surface area contributed by atoms with E-state index in [2.05, 4.69) is 14.6 Å². The molecule has 0 aliphatic heterocycles. The van der Waals surface area contributed by atoms with E-state index in [4.69, 9.17) is 4.74 Å². The van der Waals surface area contributed by atoms with E-state index in [1.807, 2.05) is 44.2 Å². The third-order valence-electron chi connectivity index (χ3n) is 4.80. The highest BCUT2D eigenvalue weighted by Gasteiger charge is 2.17. The van der Waals surface area contributed by atoms with Crippen LogP contribution in [0.5, 0.6) is 5.75 Å². The number of anilines is 1. The molecule has 158 valence electrons. The van der Waals surface area contributed by atoms with Crippen molar-refractivity contribution in [1.82, 2.24) is 9.29 Å². The number of hydrogen-bond donors (Lipinski definition) is 2. The quantitative estimate of drug-likeness (QED) is 0.604. The lowest BCUT2D eigenvalue weighted by Crippen LogP contribution is -2.23. The van der Waals surface area contributed by atoms with Crippen LogP contribution in [0, 0.1) is 13.8 Å². The number of amides is 1. The molecule has 3 aromatic rings. The zero-order valence-electron chi connectivity index (χ0n) is 17.4. The van der Waals surface area contributed by atoms with Crippen LogP contribution in [0.3, 0.4) is 0 Å². The summed E-state index contributed by atoms with van der Waals surface area (Å²) in [6, 6.07) is 15.7. The van der Waals surface area contributed by atoms with Gasteiger partial charge in [0.05, 0.1) is 12.0 Å². The van der Waals surface area contributed by atoms with Crippen molar-refractivity contribution in [3.05, 3.63) is 71.5 Å². The number of ether oxygens (including phenoxy) is 1. The minimum atomic E-state index is -3.69. The van der Waals surface area contributed by atoms with Crippen LogP contribution in [0.15, 0.2) is 59.5 Å². The molecule has 0 aliphatic carbocycles. The fourth-order valence-electron chi connectivity index (χ4n) is 3.31. The standard InChI is InChI=1S/C22H25N3O4S/c1-15-13-18(16(2)25(15)20-7-9-21(29-4)10-8-20)14-23-30(27,28)22-11-5-19(6-12-22)24-17(3)26/h5-13,23H,14H2,1-4H3,(H,24,26). The summed E-state index contributed by atoms with van der Waals surface area (Å²) in [5.74, 6) is 0.565. The van der Waals surface area contributed by atoms with Gasteiger partial charge in [-0.05, 0) is 74.0 Å². The Morgan fingerprint density at radius 3 is 2.23 bits per heavy atom. The van der Waals surface area contributed by atoms with Gasteiger partial charge in [0.15, 0.2) is 0 Å². The molecule has 0 unspecified atom stereocenters. The first kappa shape index (κ1) is 21.6. The maximum Gasteiger partial charge on any atom is 0.240 e. The average molecular weight is 428 g/mol. The first-order valence-electron chi connectivity index (χ1n) is 9.41. The number of aryl methyl sites for hydroxylation is 1. The van der Waals surface area contributed by atoms with Crippen LogP contribution in [0.4, 0.5) is 5.69 Å². The summed E-state index contributed by atoms with van der Waals surface area (Å²) in [5.41, 5.74) is 4.38. The van der Waals surface area contributed by atoms with E-state index in [0.717, 1.165) is 28.4 Å². The molecule has 0 aliphatic rings. The number of carbonyl (C=O) groups excluding carboxylic acids is 1. The molecule has 7 nitrogen and oxygen atoms in total. The van der Waals surface area contributed by atoms with Crippen molar-refractivity contribution >= 4 is 21.6 Å². The number of nitrogens with one attached hydrogen (secondary N) is 2. The Balaban J connectivity index is 1.77. The molecule has 0 saturated heterocycles. The number of sulfonamides is 1. The number of rotatable bonds is 7. The lowest BCUT2D eigenvalue weighted by atomic mass is 10.2. The number of carbonyl (C=O) groups is 1. The molecule has 30 heavy (non-hydrogen) atoms. The van der Waals surface area contributed by atoms with Crippen LogP contribution >= 0.6 is 0 Å². The van der Waals surface area contributed by atoms with E-state index < -0.39 is 10.0 Å². The minimum absolute atomic E-state index is 0.139. The van der Waals surface area contributed by atoms with E-state index in [0.29, 0.717) is 5.69 Å². The molecule has 0 spiro atoms. The lowest BCUT2D eigenvalue weighted by molar-refractivity contribution is -0.114. The van der Waals surface area contributed by atoms with Gasteiger partial charge < -0.3 is 14.6 Å². The monoisotopic (exact) mass is 427 g/mol. The third-order valence-corrected chi connectivity index (χ3v) is 6.22. The van der Waals surface area contributed by atoms with Crippen LogP contribution in [-0.2, 0) is 21.4 Å². The van der Waals surface area contributed by atoms with Crippen molar-refractivity contribution < 1.29 is 17.9 Å². The normalized spacial score (nSPS) is 11.3. The zero-order valence-corrected chi connectivity index (χ0v) is 18.2. The van der Waals surface area contributed by atoms with Gasteiger partial charge in [-0.2, -0.15) is 0 Å². The van der Waals surface area contributed by atoms with E-state index in [1.165, 1.54) is 19.1 Å². The fourth-order valence-corrected chi connectivity index (χ4v) is 4.32. The molecule has 0 saturated carbocycles. The predicted molar refractivity (Wildman–Crippen MR) is 117 cm³/mol. The molecular weight excluding hydrogens is 402 g/mol. The van der Waals surface area contributed by atoms with Crippen LogP contribution < -0.4 is 14.8 Å². The van der Waals surface area contributed by atoms with Gasteiger partial charge in [0.25, 0.3) is 0 Å². The molecule has 1 amide bonds. The van der Waals surface area contributed by atoms with E-state index in [9.17, 15) is 13.2 Å². The van der Waals surface area contributed by atoms with E-state index in [-0.39, 0.29) is 17.3 Å². The molecular formula is C22H25N3O4S. The summed E-state index contributed by atoms with van der Waals surface area (Å²) in [5, 5.41) is 2.62. The van der Waals surface area contributed by atoms with Crippen molar-refractivity contribution in [2.24, 2.45) is 0 Å². The first-order valence-corrected chi connectivity index (χ1v) is 10.9. The highest BCUT2D eigenvalue weighted by Crippen LogP contribution is 2.23. The van der Waals surface area contributed by atoms with Crippen LogP contribution in [0.2, 0.25) is 0 Å². The number of hydrogen-bond acceptors (Lipinski definition) is 4. The molecule has 2 N–H and O–H groups in total. The SMILES string of the molecule is COc1ccc(-n2c(C)cc(CNS(=O)(=O)c3ccc(NC(C)=O)cc3)c2C)cc1. The van der Waals surface area contributed by atoms with Crippen LogP contribution in [0.1, 0.15) is 23.9 Å². The third kappa shape index (κ3) is 4.72. The number of aromatic nitrogens is 1. The molecule has 0 bridgehead atoms. The highest BCUT2D eigenvalue weighted by atomic mass is 32.2. The Hall–Kier alpha value is -3.10. The Kier molecular flexibility index (Phi) is 6.28. The Morgan fingerprint density at radius 1 is 1.03 bits per heavy atom.